The van der Waals surface area contributed by atoms with E-state index in [4.69, 9.17) is 4.42 Å². The summed E-state index contributed by atoms with van der Waals surface area (Å²) in [5.74, 6) is 0. The summed E-state index contributed by atoms with van der Waals surface area (Å²) in [7, 11) is 0. The van der Waals surface area contributed by atoms with E-state index in [1.165, 1.54) is 71.1 Å². The molecule has 1 nitrogen and oxygen atoms in total. The highest BCUT2D eigenvalue weighted by molar-refractivity contribution is 6.21. The second kappa shape index (κ2) is 10.2. The van der Waals surface area contributed by atoms with Gasteiger partial charge in [-0.25, -0.2) is 0 Å². The number of benzene rings is 9. The first-order valence-electron chi connectivity index (χ1n) is 16.2. The molecule has 0 atom stereocenters. The van der Waals surface area contributed by atoms with Gasteiger partial charge in [0.2, 0.25) is 0 Å². The monoisotopic (exact) mass is 596 g/mol. The Morgan fingerprint density at radius 1 is 0.319 bits per heavy atom. The molecule has 0 amide bonds. The first kappa shape index (κ1) is 26.1. The molecule has 10 rings (SSSR count). The van der Waals surface area contributed by atoms with Crippen molar-refractivity contribution in [2.75, 3.05) is 0 Å². The predicted molar refractivity (Wildman–Crippen MR) is 200 cm³/mol. The van der Waals surface area contributed by atoms with Crippen LogP contribution in [0.5, 0.6) is 0 Å². The van der Waals surface area contributed by atoms with Crippen molar-refractivity contribution >= 4 is 65.0 Å². The van der Waals surface area contributed by atoms with Crippen molar-refractivity contribution in [3.8, 4) is 33.4 Å². The largest absolute Gasteiger partial charge is 0.455 e. The zero-order valence-corrected chi connectivity index (χ0v) is 25.6. The van der Waals surface area contributed by atoms with Crippen LogP contribution in [-0.4, -0.2) is 0 Å². The van der Waals surface area contributed by atoms with E-state index in [1.54, 1.807) is 0 Å². The molecule has 0 saturated carbocycles. The first-order valence-corrected chi connectivity index (χ1v) is 16.2. The highest BCUT2D eigenvalue weighted by Crippen LogP contribution is 2.44. The minimum absolute atomic E-state index is 0.909. The van der Waals surface area contributed by atoms with Gasteiger partial charge < -0.3 is 4.42 Å². The molecule has 0 aliphatic rings. The van der Waals surface area contributed by atoms with Crippen LogP contribution in [0.15, 0.2) is 174 Å². The quantitative estimate of drug-likeness (QED) is 0.146. The lowest BCUT2D eigenvalue weighted by atomic mass is 9.87. The van der Waals surface area contributed by atoms with Gasteiger partial charge in [0.05, 0.1) is 0 Å². The van der Waals surface area contributed by atoms with Crippen LogP contribution in [0.2, 0.25) is 0 Å². The summed E-state index contributed by atoms with van der Waals surface area (Å²) in [5, 5.41) is 12.3. The van der Waals surface area contributed by atoms with E-state index in [1.807, 2.05) is 0 Å². The standard InChI is InChI=1S/C46H28O/c1-4-16-34-29(11-1)23-25-40-42(34)28-32-13-3-5-18-36(32)44(40)33-15-9-14-31(27-33)35-17-7-8-20-38(35)39-21-10-22-43-45(39)41-26-24-30-12-2-6-19-37(30)46(41)47-43/h1-28H. The number of fused-ring (bicyclic) bond motifs is 9. The molecule has 0 fully saturated rings. The molecule has 0 aliphatic heterocycles. The fourth-order valence-corrected chi connectivity index (χ4v) is 7.72. The van der Waals surface area contributed by atoms with Gasteiger partial charge in [-0.2, -0.15) is 0 Å². The molecule has 1 heteroatoms. The minimum Gasteiger partial charge on any atom is -0.455 e. The zero-order chi connectivity index (χ0) is 30.9. The van der Waals surface area contributed by atoms with E-state index in [0.29, 0.717) is 0 Å². The summed E-state index contributed by atoms with van der Waals surface area (Å²) in [6, 6.07) is 61.6. The third-order valence-corrected chi connectivity index (χ3v) is 9.84. The molecular formula is C46H28O. The molecule has 0 unspecified atom stereocenters. The summed E-state index contributed by atoms with van der Waals surface area (Å²) >= 11 is 0. The van der Waals surface area contributed by atoms with Gasteiger partial charge in [-0.15, -0.1) is 0 Å². The maximum atomic E-state index is 6.56. The highest BCUT2D eigenvalue weighted by Gasteiger charge is 2.18. The topological polar surface area (TPSA) is 13.1 Å². The molecule has 0 radical (unpaired) electrons. The molecule has 0 spiro atoms. The summed E-state index contributed by atoms with van der Waals surface area (Å²) in [6.45, 7) is 0. The van der Waals surface area contributed by atoms with Crippen molar-refractivity contribution < 1.29 is 4.42 Å². The third kappa shape index (κ3) is 3.97. The Hall–Kier alpha value is -6.18. The summed E-state index contributed by atoms with van der Waals surface area (Å²) in [5.41, 5.74) is 9.11. The van der Waals surface area contributed by atoms with Crippen LogP contribution >= 0.6 is 0 Å². The summed E-state index contributed by atoms with van der Waals surface area (Å²) < 4.78 is 6.56. The lowest BCUT2D eigenvalue weighted by Gasteiger charge is -2.16. The normalized spacial score (nSPS) is 11.8. The van der Waals surface area contributed by atoms with Crippen LogP contribution in [0.4, 0.5) is 0 Å². The van der Waals surface area contributed by atoms with Gasteiger partial charge in [0.1, 0.15) is 11.2 Å². The maximum absolute atomic E-state index is 6.56. The lowest BCUT2D eigenvalue weighted by Crippen LogP contribution is -1.89. The molecule has 0 aliphatic carbocycles. The van der Waals surface area contributed by atoms with Crippen molar-refractivity contribution in [2.45, 2.75) is 0 Å². The third-order valence-electron chi connectivity index (χ3n) is 9.84. The molecule has 1 heterocycles. The summed E-state index contributed by atoms with van der Waals surface area (Å²) in [4.78, 5) is 0. The van der Waals surface area contributed by atoms with Crippen molar-refractivity contribution in [2.24, 2.45) is 0 Å². The van der Waals surface area contributed by atoms with Crippen LogP contribution in [0, 0.1) is 0 Å². The van der Waals surface area contributed by atoms with E-state index in [0.717, 1.165) is 27.3 Å². The molecule has 0 saturated heterocycles. The van der Waals surface area contributed by atoms with Gasteiger partial charge in [0.15, 0.2) is 0 Å². The fourth-order valence-electron chi connectivity index (χ4n) is 7.72. The van der Waals surface area contributed by atoms with Crippen LogP contribution in [0.3, 0.4) is 0 Å². The van der Waals surface area contributed by atoms with E-state index in [-0.39, 0.29) is 0 Å². The molecule has 218 valence electrons. The minimum atomic E-state index is 0.909. The highest BCUT2D eigenvalue weighted by atomic mass is 16.3. The zero-order valence-electron chi connectivity index (χ0n) is 25.6. The molecule has 47 heavy (non-hydrogen) atoms. The van der Waals surface area contributed by atoms with Crippen molar-refractivity contribution in [3.05, 3.63) is 170 Å². The molecule has 9 aromatic carbocycles. The Labute approximate surface area is 271 Å². The van der Waals surface area contributed by atoms with Crippen LogP contribution < -0.4 is 0 Å². The van der Waals surface area contributed by atoms with Crippen LogP contribution in [0.25, 0.3) is 98.4 Å². The van der Waals surface area contributed by atoms with Crippen molar-refractivity contribution in [1.29, 1.82) is 0 Å². The fraction of sp³-hybridized carbons (Fsp3) is 0. The number of rotatable bonds is 3. The molecule has 0 N–H and O–H groups in total. The van der Waals surface area contributed by atoms with E-state index in [2.05, 4.69) is 170 Å². The van der Waals surface area contributed by atoms with Crippen LogP contribution in [0.1, 0.15) is 0 Å². The first-order chi connectivity index (χ1) is 23.3. The van der Waals surface area contributed by atoms with E-state index < -0.39 is 0 Å². The Kier molecular flexibility index (Phi) is 5.64. The number of furan rings is 1. The Balaban J connectivity index is 1.21. The summed E-state index contributed by atoms with van der Waals surface area (Å²) in [6.07, 6.45) is 0. The SMILES string of the molecule is c1cc(-c2ccccc2-c2cccc3oc4c5ccccc5ccc4c23)cc(-c2c3ccccc3cc3c2ccc2ccccc23)c1. The number of hydrogen-bond donors (Lipinski definition) is 0. The second-order valence-electron chi connectivity index (χ2n) is 12.4. The maximum Gasteiger partial charge on any atom is 0.143 e. The Morgan fingerprint density at radius 2 is 0.936 bits per heavy atom. The lowest BCUT2D eigenvalue weighted by molar-refractivity contribution is 0.673. The second-order valence-corrected chi connectivity index (χ2v) is 12.4. The Bertz CT molecular complexity index is 2850. The Morgan fingerprint density at radius 3 is 1.79 bits per heavy atom. The number of hydrogen-bond acceptors (Lipinski definition) is 1. The molecule has 10 aromatic rings. The van der Waals surface area contributed by atoms with Gasteiger partial charge >= 0.3 is 0 Å². The van der Waals surface area contributed by atoms with Crippen molar-refractivity contribution in [1.82, 2.24) is 0 Å². The van der Waals surface area contributed by atoms with Crippen molar-refractivity contribution in [3.63, 3.8) is 0 Å². The van der Waals surface area contributed by atoms with Gasteiger partial charge in [0, 0.05) is 16.2 Å². The molecule has 0 bridgehead atoms. The molecular weight excluding hydrogens is 569 g/mol. The average molecular weight is 597 g/mol. The van der Waals surface area contributed by atoms with E-state index >= 15 is 0 Å². The van der Waals surface area contributed by atoms with E-state index in [9.17, 15) is 0 Å². The van der Waals surface area contributed by atoms with Gasteiger partial charge in [-0.1, -0.05) is 146 Å². The average Bonchev–Trinajstić information content (AvgIpc) is 3.53. The molecule has 1 aromatic heterocycles. The van der Waals surface area contributed by atoms with Gasteiger partial charge in [0.25, 0.3) is 0 Å². The predicted octanol–water partition coefficient (Wildman–Crippen LogP) is 13.2. The smallest absolute Gasteiger partial charge is 0.143 e. The van der Waals surface area contributed by atoms with Crippen LogP contribution in [-0.2, 0) is 0 Å². The van der Waals surface area contributed by atoms with Gasteiger partial charge in [-0.3, -0.25) is 0 Å². The van der Waals surface area contributed by atoms with Gasteiger partial charge in [-0.05, 0) is 95.3 Å².